The maximum atomic E-state index is 8.95. The number of aliphatic hydroxyl groups is 2. The van der Waals surface area contributed by atoms with E-state index in [1.54, 1.807) is 0 Å². The lowest BCUT2D eigenvalue weighted by atomic mass is 10.3. The minimum Gasteiger partial charge on any atom is -0.394 e. The third kappa shape index (κ3) is 7.70. The van der Waals surface area contributed by atoms with Gasteiger partial charge in [0.1, 0.15) is 12.2 Å². The zero-order valence-electron chi connectivity index (χ0n) is 8.93. The summed E-state index contributed by atoms with van der Waals surface area (Å²) in [5.74, 6) is 0. The summed E-state index contributed by atoms with van der Waals surface area (Å²) >= 11 is 0. The lowest BCUT2D eigenvalue weighted by Crippen LogP contribution is -2.19. The summed E-state index contributed by atoms with van der Waals surface area (Å²) in [6, 6.07) is 0. The molecule has 0 aromatic carbocycles. The quantitative estimate of drug-likeness (QED) is 0.385. The summed E-state index contributed by atoms with van der Waals surface area (Å²) in [6.07, 6.45) is 1.43. The van der Waals surface area contributed by atoms with Crippen LogP contribution in [0.2, 0.25) is 0 Å². The van der Waals surface area contributed by atoms with Crippen molar-refractivity contribution in [3.05, 3.63) is 0 Å². The third-order valence-electron chi connectivity index (χ3n) is 2.05. The second kappa shape index (κ2) is 8.01. The molecule has 0 amide bonds. The van der Waals surface area contributed by atoms with Crippen LogP contribution in [0, 0.1) is 0 Å². The van der Waals surface area contributed by atoms with Crippen molar-refractivity contribution in [3.8, 4) is 0 Å². The van der Waals surface area contributed by atoms with Crippen LogP contribution in [0.3, 0.4) is 0 Å². The number of hydrogen-bond donors (Lipinski definition) is 2. The molecule has 1 aliphatic heterocycles. The summed E-state index contributed by atoms with van der Waals surface area (Å²) in [4.78, 5) is 0. The maximum Gasteiger partial charge on any atom is 0.104 e. The second-order valence-corrected chi connectivity index (χ2v) is 3.65. The lowest BCUT2D eigenvalue weighted by molar-refractivity contribution is 0.00362. The van der Waals surface area contributed by atoms with Crippen molar-refractivity contribution in [3.63, 3.8) is 0 Å². The fourth-order valence-electron chi connectivity index (χ4n) is 1.06. The van der Waals surface area contributed by atoms with E-state index in [2.05, 4.69) is 0 Å². The summed E-state index contributed by atoms with van der Waals surface area (Å²) in [5.41, 5.74) is 0. The SMILES string of the molecule is OC[C@H](O)COCCCCOC[C@@H]1CO1. The van der Waals surface area contributed by atoms with Crippen molar-refractivity contribution in [2.24, 2.45) is 0 Å². The van der Waals surface area contributed by atoms with E-state index in [9.17, 15) is 0 Å². The van der Waals surface area contributed by atoms with Gasteiger partial charge in [-0.25, -0.2) is 0 Å². The van der Waals surface area contributed by atoms with Gasteiger partial charge in [-0.15, -0.1) is 0 Å². The first kappa shape index (κ1) is 12.9. The zero-order chi connectivity index (χ0) is 10.9. The van der Waals surface area contributed by atoms with E-state index in [-0.39, 0.29) is 13.2 Å². The van der Waals surface area contributed by atoms with E-state index in [1.165, 1.54) is 0 Å². The molecule has 0 radical (unpaired) electrons. The fourth-order valence-corrected chi connectivity index (χ4v) is 1.06. The maximum absolute atomic E-state index is 8.95. The predicted octanol–water partition coefficient (Wildman–Crippen LogP) is -0.448. The van der Waals surface area contributed by atoms with Crippen LogP contribution in [-0.2, 0) is 14.2 Å². The molecular weight excluding hydrogens is 200 g/mol. The Kier molecular flexibility index (Phi) is 6.87. The van der Waals surface area contributed by atoms with Crippen LogP contribution < -0.4 is 0 Å². The van der Waals surface area contributed by atoms with Gasteiger partial charge in [0.25, 0.3) is 0 Å². The van der Waals surface area contributed by atoms with E-state index in [4.69, 9.17) is 24.4 Å². The van der Waals surface area contributed by atoms with Crippen LogP contribution in [0.25, 0.3) is 0 Å². The second-order valence-electron chi connectivity index (χ2n) is 3.65. The Bertz CT molecular complexity index is 149. The molecular formula is C10H20O5. The molecule has 2 atom stereocenters. The Balaban J connectivity index is 1.68. The largest absolute Gasteiger partial charge is 0.394 e. The predicted molar refractivity (Wildman–Crippen MR) is 53.7 cm³/mol. The normalized spacial score (nSPS) is 21.6. The van der Waals surface area contributed by atoms with E-state index >= 15 is 0 Å². The van der Waals surface area contributed by atoms with Gasteiger partial charge >= 0.3 is 0 Å². The minimum absolute atomic E-state index is 0.202. The number of ether oxygens (including phenoxy) is 3. The zero-order valence-corrected chi connectivity index (χ0v) is 8.93. The fraction of sp³-hybridized carbons (Fsp3) is 1.00. The first-order chi connectivity index (χ1) is 7.33. The van der Waals surface area contributed by atoms with Crippen molar-refractivity contribution < 1.29 is 24.4 Å². The van der Waals surface area contributed by atoms with Gasteiger partial charge in [-0.2, -0.15) is 0 Å². The number of unbranched alkanes of at least 4 members (excludes halogenated alkanes) is 1. The van der Waals surface area contributed by atoms with E-state index in [0.717, 1.165) is 26.1 Å². The highest BCUT2D eigenvalue weighted by atomic mass is 16.6. The molecule has 15 heavy (non-hydrogen) atoms. The van der Waals surface area contributed by atoms with E-state index in [0.29, 0.717) is 19.3 Å². The Hall–Kier alpha value is -0.200. The summed E-state index contributed by atoms with van der Waals surface area (Å²) in [7, 11) is 0. The number of hydrogen-bond acceptors (Lipinski definition) is 5. The highest BCUT2D eigenvalue weighted by Crippen LogP contribution is 2.08. The Labute approximate surface area is 89.9 Å². The Morgan fingerprint density at radius 3 is 2.53 bits per heavy atom. The Morgan fingerprint density at radius 2 is 1.93 bits per heavy atom. The van der Waals surface area contributed by atoms with Crippen molar-refractivity contribution >= 4 is 0 Å². The number of aliphatic hydroxyl groups excluding tert-OH is 2. The molecule has 90 valence electrons. The monoisotopic (exact) mass is 220 g/mol. The average molecular weight is 220 g/mol. The van der Waals surface area contributed by atoms with Gasteiger partial charge in [0.2, 0.25) is 0 Å². The molecule has 1 heterocycles. The van der Waals surface area contributed by atoms with E-state index in [1.807, 2.05) is 0 Å². The molecule has 1 rings (SSSR count). The van der Waals surface area contributed by atoms with Crippen LogP contribution in [0.4, 0.5) is 0 Å². The standard InChI is InChI=1S/C10H20O5/c11-5-9(12)6-13-3-1-2-4-14-7-10-8-15-10/h9-12H,1-8H2/t9-,10+/m0/s1. The van der Waals surface area contributed by atoms with E-state index < -0.39 is 6.10 Å². The average Bonchev–Trinajstić information content (AvgIpc) is 3.05. The topological polar surface area (TPSA) is 71.5 Å². The molecule has 1 saturated heterocycles. The first-order valence-electron chi connectivity index (χ1n) is 5.39. The van der Waals surface area contributed by atoms with Crippen molar-refractivity contribution in [1.82, 2.24) is 0 Å². The van der Waals surface area contributed by atoms with Gasteiger partial charge in [0.05, 0.1) is 26.4 Å². The van der Waals surface area contributed by atoms with Gasteiger partial charge in [0, 0.05) is 13.2 Å². The highest BCUT2D eigenvalue weighted by molar-refractivity contribution is 4.66. The van der Waals surface area contributed by atoms with Crippen LogP contribution in [0.1, 0.15) is 12.8 Å². The van der Waals surface area contributed by atoms with Gasteiger partial charge in [0.15, 0.2) is 0 Å². The van der Waals surface area contributed by atoms with Crippen LogP contribution in [-0.4, -0.2) is 62.1 Å². The molecule has 0 unspecified atom stereocenters. The molecule has 0 aromatic rings. The molecule has 0 aliphatic carbocycles. The molecule has 1 fully saturated rings. The molecule has 5 nitrogen and oxygen atoms in total. The van der Waals surface area contributed by atoms with Crippen LogP contribution in [0.5, 0.6) is 0 Å². The highest BCUT2D eigenvalue weighted by Gasteiger charge is 2.21. The van der Waals surface area contributed by atoms with Crippen LogP contribution in [0.15, 0.2) is 0 Å². The molecule has 2 N–H and O–H groups in total. The summed E-state index contributed by atoms with van der Waals surface area (Å²) in [5, 5.41) is 17.5. The smallest absolute Gasteiger partial charge is 0.104 e. The molecule has 0 saturated carbocycles. The van der Waals surface area contributed by atoms with Gasteiger partial charge in [-0.1, -0.05) is 0 Å². The molecule has 0 aromatic heterocycles. The molecule has 5 heteroatoms. The third-order valence-corrected chi connectivity index (χ3v) is 2.05. The van der Waals surface area contributed by atoms with Gasteiger partial charge < -0.3 is 24.4 Å². The van der Waals surface area contributed by atoms with Crippen molar-refractivity contribution in [1.29, 1.82) is 0 Å². The Morgan fingerprint density at radius 1 is 1.27 bits per heavy atom. The molecule has 0 spiro atoms. The first-order valence-corrected chi connectivity index (χ1v) is 5.39. The molecule has 1 aliphatic rings. The summed E-state index contributed by atoms with van der Waals surface area (Å²) in [6.45, 7) is 2.82. The minimum atomic E-state index is -0.756. The molecule has 0 bridgehead atoms. The lowest BCUT2D eigenvalue weighted by Gasteiger charge is -2.07. The van der Waals surface area contributed by atoms with Crippen molar-refractivity contribution in [2.45, 2.75) is 25.0 Å². The van der Waals surface area contributed by atoms with Crippen LogP contribution >= 0.6 is 0 Å². The number of epoxide rings is 1. The van der Waals surface area contributed by atoms with Crippen molar-refractivity contribution in [2.75, 3.05) is 39.6 Å². The van der Waals surface area contributed by atoms with Gasteiger partial charge in [-0.05, 0) is 12.8 Å². The van der Waals surface area contributed by atoms with Gasteiger partial charge in [-0.3, -0.25) is 0 Å². The number of rotatable bonds is 10. The summed E-state index contributed by atoms with van der Waals surface area (Å²) < 4.78 is 15.5.